The van der Waals surface area contributed by atoms with Crippen molar-refractivity contribution in [2.75, 3.05) is 6.79 Å². The Hall–Kier alpha value is -2.53. The maximum atomic E-state index is 5.56. The maximum Gasteiger partial charge on any atom is 0.231 e. The Morgan fingerprint density at radius 3 is 2.92 bits per heavy atom. The smallest absolute Gasteiger partial charge is 0.231 e. The molecule has 5 nitrogen and oxygen atoms in total. The highest BCUT2D eigenvalue weighted by Gasteiger charge is 2.17. The van der Waals surface area contributed by atoms with Crippen molar-refractivity contribution in [1.82, 2.24) is 14.9 Å². The average molecular weight is 323 g/mol. The molecule has 3 aromatic rings. The Balaban J connectivity index is 1.51. The Morgan fingerprint density at radius 2 is 2.00 bits per heavy atom. The van der Waals surface area contributed by atoms with Crippen LogP contribution in [-0.2, 0) is 19.6 Å². The van der Waals surface area contributed by atoms with Crippen LogP contribution < -0.4 is 14.8 Å². The van der Waals surface area contributed by atoms with Gasteiger partial charge in [0.25, 0.3) is 0 Å². The quantitative estimate of drug-likeness (QED) is 0.755. The monoisotopic (exact) mass is 323 g/mol. The van der Waals surface area contributed by atoms with Crippen molar-refractivity contribution < 1.29 is 9.47 Å². The molecule has 0 unspecified atom stereocenters. The predicted molar refractivity (Wildman–Crippen MR) is 93.1 cm³/mol. The van der Waals surface area contributed by atoms with Crippen LogP contribution in [0.15, 0.2) is 42.5 Å². The lowest BCUT2D eigenvalue weighted by Crippen LogP contribution is -2.17. The topological polar surface area (TPSA) is 48.3 Å². The van der Waals surface area contributed by atoms with Gasteiger partial charge in [-0.2, -0.15) is 0 Å². The van der Waals surface area contributed by atoms with Crippen molar-refractivity contribution in [2.24, 2.45) is 0 Å². The lowest BCUT2D eigenvalue weighted by Gasteiger charge is -2.10. The van der Waals surface area contributed by atoms with Crippen LogP contribution in [0.1, 0.15) is 24.7 Å². The Bertz CT molecular complexity index is 857. The molecule has 2 heterocycles. The first-order chi connectivity index (χ1) is 11.9. The van der Waals surface area contributed by atoms with Crippen LogP contribution in [0.25, 0.3) is 11.0 Å². The summed E-state index contributed by atoms with van der Waals surface area (Å²) < 4.78 is 13.3. The highest BCUT2D eigenvalue weighted by molar-refractivity contribution is 5.75. The first kappa shape index (κ1) is 15.0. The van der Waals surface area contributed by atoms with Gasteiger partial charge in [0.1, 0.15) is 5.82 Å². The van der Waals surface area contributed by atoms with Gasteiger partial charge in [0.15, 0.2) is 11.5 Å². The minimum atomic E-state index is 0.304. The van der Waals surface area contributed by atoms with E-state index in [4.69, 9.17) is 14.5 Å². The molecule has 2 aromatic carbocycles. The van der Waals surface area contributed by atoms with Gasteiger partial charge in [-0.25, -0.2) is 4.98 Å². The van der Waals surface area contributed by atoms with Crippen LogP contribution in [0.5, 0.6) is 11.5 Å². The number of para-hydroxylation sites is 3. The van der Waals surface area contributed by atoms with Crippen molar-refractivity contribution in [2.45, 2.75) is 33.0 Å². The predicted octanol–water partition coefficient (Wildman–Crippen LogP) is 3.46. The van der Waals surface area contributed by atoms with Crippen molar-refractivity contribution in [3.05, 3.63) is 53.9 Å². The zero-order chi connectivity index (χ0) is 16.4. The summed E-state index contributed by atoms with van der Waals surface area (Å²) in [6.45, 7) is 4.92. The molecule has 0 spiro atoms. The van der Waals surface area contributed by atoms with Crippen molar-refractivity contribution in [3.63, 3.8) is 0 Å². The number of aromatic nitrogens is 2. The zero-order valence-electron chi connectivity index (χ0n) is 13.8. The molecular weight excluding hydrogens is 302 g/mol. The number of ether oxygens (including phenoxy) is 2. The number of rotatable bonds is 6. The molecule has 0 amide bonds. The molecule has 24 heavy (non-hydrogen) atoms. The standard InChI is InChI=1S/C19H21N3O2/c1-2-10-22-16-8-4-3-7-15(16)21-18(22)12-20-11-14-6-5-9-17-19(14)24-13-23-17/h3-9,20H,2,10-13H2,1H3. The Morgan fingerprint density at radius 1 is 1.08 bits per heavy atom. The second-order valence-corrected chi connectivity index (χ2v) is 5.92. The number of fused-ring (bicyclic) bond motifs is 2. The molecule has 0 atom stereocenters. The maximum absolute atomic E-state index is 5.56. The van der Waals surface area contributed by atoms with Gasteiger partial charge in [0.05, 0.1) is 17.6 Å². The van der Waals surface area contributed by atoms with E-state index in [2.05, 4.69) is 41.1 Å². The molecule has 0 saturated carbocycles. The zero-order valence-corrected chi connectivity index (χ0v) is 13.8. The second-order valence-electron chi connectivity index (χ2n) is 5.92. The van der Waals surface area contributed by atoms with E-state index in [0.717, 1.165) is 54.5 Å². The largest absolute Gasteiger partial charge is 0.454 e. The molecule has 0 radical (unpaired) electrons. The number of nitrogens with zero attached hydrogens (tertiary/aromatic N) is 2. The van der Waals surface area contributed by atoms with Crippen LogP contribution in [0.2, 0.25) is 0 Å². The molecule has 1 aliphatic rings. The summed E-state index contributed by atoms with van der Waals surface area (Å²) in [6, 6.07) is 14.3. The average Bonchev–Trinajstić information content (AvgIpc) is 3.21. The normalized spacial score (nSPS) is 12.9. The van der Waals surface area contributed by atoms with Crippen LogP contribution >= 0.6 is 0 Å². The molecule has 5 heteroatoms. The third kappa shape index (κ3) is 2.71. The lowest BCUT2D eigenvalue weighted by atomic mass is 10.2. The number of aryl methyl sites for hydroxylation is 1. The fourth-order valence-electron chi connectivity index (χ4n) is 3.17. The van der Waals surface area contributed by atoms with E-state index in [1.807, 2.05) is 18.2 Å². The third-order valence-electron chi connectivity index (χ3n) is 4.26. The van der Waals surface area contributed by atoms with Gasteiger partial charge in [-0.15, -0.1) is 0 Å². The third-order valence-corrected chi connectivity index (χ3v) is 4.26. The van der Waals surface area contributed by atoms with E-state index in [1.54, 1.807) is 0 Å². The molecule has 0 fully saturated rings. The summed E-state index contributed by atoms with van der Waals surface area (Å²) in [6.07, 6.45) is 1.09. The highest BCUT2D eigenvalue weighted by atomic mass is 16.7. The number of benzene rings is 2. The van der Waals surface area contributed by atoms with Crippen LogP contribution in [0.4, 0.5) is 0 Å². The van der Waals surface area contributed by atoms with Crippen molar-refractivity contribution >= 4 is 11.0 Å². The van der Waals surface area contributed by atoms with Crippen molar-refractivity contribution in [3.8, 4) is 11.5 Å². The minimum Gasteiger partial charge on any atom is -0.454 e. The van der Waals surface area contributed by atoms with Gasteiger partial charge in [0.2, 0.25) is 6.79 Å². The Labute approximate surface area is 141 Å². The van der Waals surface area contributed by atoms with E-state index in [-0.39, 0.29) is 0 Å². The van der Waals surface area contributed by atoms with Gasteiger partial charge >= 0.3 is 0 Å². The van der Waals surface area contributed by atoms with Gasteiger partial charge in [-0.05, 0) is 24.6 Å². The van der Waals surface area contributed by atoms with Gasteiger partial charge < -0.3 is 19.4 Å². The first-order valence-electron chi connectivity index (χ1n) is 8.39. The summed E-state index contributed by atoms with van der Waals surface area (Å²) >= 11 is 0. The highest BCUT2D eigenvalue weighted by Crippen LogP contribution is 2.35. The number of hydrogen-bond donors (Lipinski definition) is 1. The van der Waals surface area contributed by atoms with Crippen molar-refractivity contribution in [1.29, 1.82) is 0 Å². The summed E-state index contributed by atoms with van der Waals surface area (Å²) in [4.78, 5) is 4.78. The number of hydrogen-bond acceptors (Lipinski definition) is 4. The number of imidazole rings is 1. The number of nitrogens with one attached hydrogen (secondary N) is 1. The summed E-state index contributed by atoms with van der Waals surface area (Å²) in [5, 5.41) is 3.49. The minimum absolute atomic E-state index is 0.304. The molecule has 4 rings (SSSR count). The molecule has 1 N–H and O–H groups in total. The first-order valence-corrected chi connectivity index (χ1v) is 8.39. The lowest BCUT2D eigenvalue weighted by molar-refractivity contribution is 0.173. The van der Waals surface area contributed by atoms with E-state index in [1.165, 1.54) is 5.52 Å². The van der Waals surface area contributed by atoms with Gasteiger partial charge in [0, 0.05) is 18.7 Å². The Kier molecular flexibility index (Phi) is 4.09. The fraction of sp³-hybridized carbons (Fsp3) is 0.316. The van der Waals surface area contributed by atoms with E-state index in [9.17, 15) is 0 Å². The molecule has 1 aromatic heterocycles. The molecule has 0 saturated heterocycles. The van der Waals surface area contributed by atoms with Gasteiger partial charge in [-0.1, -0.05) is 31.2 Å². The van der Waals surface area contributed by atoms with Crippen LogP contribution in [-0.4, -0.2) is 16.3 Å². The summed E-state index contributed by atoms with van der Waals surface area (Å²) in [7, 11) is 0. The van der Waals surface area contributed by atoms with E-state index in [0.29, 0.717) is 6.79 Å². The molecule has 1 aliphatic heterocycles. The molecular formula is C19H21N3O2. The molecule has 0 aliphatic carbocycles. The van der Waals surface area contributed by atoms with Crippen LogP contribution in [0, 0.1) is 0 Å². The van der Waals surface area contributed by atoms with Gasteiger partial charge in [-0.3, -0.25) is 0 Å². The van der Waals surface area contributed by atoms with E-state index >= 15 is 0 Å². The second kappa shape index (κ2) is 6.53. The molecule has 124 valence electrons. The van der Waals surface area contributed by atoms with E-state index < -0.39 is 0 Å². The summed E-state index contributed by atoms with van der Waals surface area (Å²) in [5.74, 6) is 2.75. The fourth-order valence-corrected chi connectivity index (χ4v) is 3.17. The SMILES string of the molecule is CCCn1c(CNCc2cccc3c2OCO3)nc2ccccc21. The van der Waals surface area contributed by atoms with Crippen LogP contribution in [0.3, 0.4) is 0 Å². The summed E-state index contributed by atoms with van der Waals surface area (Å²) in [5.41, 5.74) is 3.37. The molecule has 0 bridgehead atoms.